The molecule has 3 N–H and O–H groups in total. The molecular weight excluding hydrogens is 402 g/mol. The molecule has 0 aliphatic heterocycles. The first-order valence-corrected chi connectivity index (χ1v) is 11.5. The van der Waals surface area contributed by atoms with Gasteiger partial charge in [0.15, 0.2) is 0 Å². The molecule has 1 aliphatic rings. The summed E-state index contributed by atoms with van der Waals surface area (Å²) in [6, 6.07) is 8.47. The molecule has 1 aliphatic carbocycles. The highest BCUT2D eigenvalue weighted by molar-refractivity contribution is 6.44. The molecule has 0 atom stereocenters. The molecule has 1 amide bonds. The fraction of sp³-hybridized carbons (Fsp3) is 0.423. The van der Waals surface area contributed by atoms with Crippen molar-refractivity contribution < 1.29 is 14.7 Å². The number of hydrogen-bond acceptors (Lipinski definition) is 4. The van der Waals surface area contributed by atoms with Gasteiger partial charge in [-0.05, 0) is 42.4 Å². The summed E-state index contributed by atoms with van der Waals surface area (Å²) in [6.07, 6.45) is 10.5. The molecule has 6 heteroatoms. The molecule has 0 unspecified atom stereocenters. The van der Waals surface area contributed by atoms with E-state index >= 15 is 0 Å². The van der Waals surface area contributed by atoms with Crippen LogP contribution in [-0.4, -0.2) is 26.2 Å². The van der Waals surface area contributed by atoms with Crippen molar-refractivity contribution in [3.8, 4) is 5.88 Å². The van der Waals surface area contributed by atoms with E-state index in [4.69, 9.17) is 5.73 Å². The Morgan fingerprint density at radius 3 is 2.50 bits per heavy atom. The Morgan fingerprint density at radius 2 is 1.84 bits per heavy atom. The lowest BCUT2D eigenvalue weighted by Gasteiger charge is -2.23. The van der Waals surface area contributed by atoms with Gasteiger partial charge in [-0.2, -0.15) is 0 Å². The fourth-order valence-electron chi connectivity index (χ4n) is 5.24. The summed E-state index contributed by atoms with van der Waals surface area (Å²) in [5.74, 6) is -1.37. The molecule has 168 valence electrons. The van der Waals surface area contributed by atoms with Crippen molar-refractivity contribution in [1.29, 1.82) is 0 Å². The average molecular weight is 434 g/mol. The average Bonchev–Trinajstić information content (AvgIpc) is 3.08. The number of carbonyl (C=O) groups excluding carboxylic acids is 2. The van der Waals surface area contributed by atoms with Crippen LogP contribution in [0, 0.1) is 12.8 Å². The van der Waals surface area contributed by atoms with Gasteiger partial charge >= 0.3 is 0 Å². The lowest BCUT2D eigenvalue weighted by Crippen LogP contribution is -2.24. The first kappa shape index (κ1) is 22.1. The van der Waals surface area contributed by atoms with E-state index < -0.39 is 11.7 Å². The number of benzene rings is 1. The van der Waals surface area contributed by atoms with Gasteiger partial charge < -0.3 is 15.2 Å². The Balaban J connectivity index is 1.84. The smallest absolute Gasteiger partial charge is 0.289 e. The zero-order valence-electron chi connectivity index (χ0n) is 18.9. The predicted molar refractivity (Wildman–Crippen MR) is 124 cm³/mol. The van der Waals surface area contributed by atoms with Gasteiger partial charge in [-0.3, -0.25) is 9.59 Å². The molecule has 0 radical (unpaired) electrons. The van der Waals surface area contributed by atoms with Crippen LogP contribution in [0.2, 0.25) is 0 Å². The maximum Gasteiger partial charge on any atom is 0.289 e. The summed E-state index contributed by atoms with van der Waals surface area (Å²) in [5, 5.41) is 10.6. The third-order valence-electron chi connectivity index (χ3n) is 6.74. The monoisotopic (exact) mass is 433 g/mol. The van der Waals surface area contributed by atoms with Crippen LogP contribution in [0.15, 0.2) is 30.5 Å². The maximum absolute atomic E-state index is 12.7. The minimum atomic E-state index is -1.03. The second kappa shape index (κ2) is 9.15. The quantitative estimate of drug-likeness (QED) is 0.429. The van der Waals surface area contributed by atoms with Crippen LogP contribution in [0.25, 0.3) is 5.52 Å². The van der Waals surface area contributed by atoms with Gasteiger partial charge in [-0.15, -0.1) is 0 Å². The van der Waals surface area contributed by atoms with Crippen LogP contribution in [0.5, 0.6) is 5.88 Å². The Kier molecular flexibility index (Phi) is 6.31. The first-order valence-electron chi connectivity index (χ1n) is 11.5. The number of amides is 1. The number of ketones is 1. The largest absolute Gasteiger partial charge is 0.492 e. The van der Waals surface area contributed by atoms with Crippen molar-refractivity contribution >= 4 is 17.2 Å². The minimum Gasteiger partial charge on any atom is -0.492 e. The van der Waals surface area contributed by atoms with Crippen LogP contribution >= 0.6 is 0 Å². The third kappa shape index (κ3) is 4.14. The third-order valence-corrected chi connectivity index (χ3v) is 6.74. The highest BCUT2D eigenvalue weighted by atomic mass is 16.3. The fourth-order valence-corrected chi connectivity index (χ4v) is 5.24. The Labute approximate surface area is 188 Å². The number of primary amides is 1. The number of nitrogens with zero attached hydrogens (tertiary/aromatic N) is 2. The van der Waals surface area contributed by atoms with Gasteiger partial charge in [0.05, 0.1) is 11.3 Å². The molecule has 3 aromatic rings. The molecular formula is C26H31N3O3. The van der Waals surface area contributed by atoms with E-state index in [1.54, 1.807) is 6.92 Å². The number of nitrogens with two attached hydrogens (primary N) is 1. The van der Waals surface area contributed by atoms with E-state index in [0.717, 1.165) is 17.7 Å². The second-order valence-corrected chi connectivity index (χ2v) is 8.93. The summed E-state index contributed by atoms with van der Waals surface area (Å²) < 4.78 is 1.82. The van der Waals surface area contributed by atoms with Crippen molar-refractivity contribution in [1.82, 2.24) is 9.38 Å². The number of aryl methyl sites for hydroxylation is 1. The number of Topliss-reactive ketones (excluding diaryl/α,β-unsaturated/α-hetero) is 1. The van der Waals surface area contributed by atoms with E-state index in [0.29, 0.717) is 24.5 Å². The van der Waals surface area contributed by atoms with Gasteiger partial charge in [0, 0.05) is 18.3 Å². The van der Waals surface area contributed by atoms with Gasteiger partial charge in [0.1, 0.15) is 5.52 Å². The summed E-state index contributed by atoms with van der Waals surface area (Å²) >= 11 is 0. The van der Waals surface area contributed by atoms with Gasteiger partial charge in [0.25, 0.3) is 11.7 Å². The van der Waals surface area contributed by atoms with Gasteiger partial charge in [0.2, 0.25) is 5.88 Å². The zero-order valence-corrected chi connectivity index (χ0v) is 18.9. The van der Waals surface area contributed by atoms with Crippen molar-refractivity contribution in [3.63, 3.8) is 0 Å². The molecule has 0 spiro atoms. The van der Waals surface area contributed by atoms with E-state index in [2.05, 4.69) is 23.2 Å². The van der Waals surface area contributed by atoms with Gasteiger partial charge in [-0.1, -0.05) is 63.3 Å². The number of fused-ring (bicyclic) bond motifs is 1. The summed E-state index contributed by atoms with van der Waals surface area (Å²) in [6.45, 7) is 3.74. The highest BCUT2D eigenvalue weighted by Gasteiger charge is 2.28. The van der Waals surface area contributed by atoms with Crippen LogP contribution in [0.4, 0.5) is 0 Å². The molecule has 6 nitrogen and oxygen atoms in total. The summed E-state index contributed by atoms with van der Waals surface area (Å²) in [7, 11) is 0. The summed E-state index contributed by atoms with van der Waals surface area (Å²) in [4.78, 5) is 28.7. The lowest BCUT2D eigenvalue weighted by molar-refractivity contribution is -0.114. The second-order valence-electron chi connectivity index (χ2n) is 8.93. The Bertz CT molecular complexity index is 1170. The van der Waals surface area contributed by atoms with E-state index in [-0.39, 0.29) is 17.0 Å². The molecule has 2 heterocycles. The molecule has 1 saturated carbocycles. The SMILES string of the molecule is CCc1c(C(=O)C(N)=O)c2c(O)nc(C)cn2c1Cc1ccccc1CC1CCCCC1. The van der Waals surface area contributed by atoms with E-state index in [1.165, 1.54) is 43.2 Å². The minimum absolute atomic E-state index is 0.171. The highest BCUT2D eigenvalue weighted by Crippen LogP contribution is 2.33. The molecule has 4 rings (SSSR count). The number of aromatic hydroxyl groups is 1. The standard InChI is InChI=1S/C26H31N3O3/c1-3-20-21(14-19-12-8-7-11-18(19)13-17-9-5-4-6-10-17)29-15-16(2)28-26(32)23(29)22(20)24(30)25(27)31/h7-8,11-12,15,17H,3-6,9-10,13-14H2,1-2H3,(H2,27,31)(H,28,32). The van der Waals surface area contributed by atoms with E-state index in [9.17, 15) is 14.7 Å². The predicted octanol–water partition coefficient (Wildman–Crippen LogP) is 4.29. The lowest BCUT2D eigenvalue weighted by atomic mass is 9.83. The van der Waals surface area contributed by atoms with Crippen LogP contribution in [0.1, 0.15) is 77.5 Å². The van der Waals surface area contributed by atoms with E-state index in [1.807, 2.05) is 23.6 Å². The first-order chi connectivity index (χ1) is 15.4. The normalized spacial score (nSPS) is 14.7. The molecule has 32 heavy (non-hydrogen) atoms. The van der Waals surface area contributed by atoms with Gasteiger partial charge in [-0.25, -0.2) is 4.98 Å². The maximum atomic E-state index is 12.7. The number of hydrogen-bond donors (Lipinski definition) is 2. The zero-order chi connectivity index (χ0) is 22.8. The summed E-state index contributed by atoms with van der Waals surface area (Å²) in [5.41, 5.74) is 10.6. The van der Waals surface area contributed by atoms with Crippen molar-refractivity contribution in [2.24, 2.45) is 11.7 Å². The van der Waals surface area contributed by atoms with Crippen LogP contribution in [0.3, 0.4) is 0 Å². The van der Waals surface area contributed by atoms with Crippen LogP contribution in [-0.2, 0) is 24.1 Å². The molecule has 0 bridgehead atoms. The number of aromatic nitrogens is 2. The van der Waals surface area contributed by atoms with Crippen molar-refractivity contribution in [3.05, 3.63) is 64.1 Å². The molecule has 1 aromatic carbocycles. The Hall–Kier alpha value is -3.15. The number of carbonyl (C=O) groups is 2. The molecule has 1 fully saturated rings. The van der Waals surface area contributed by atoms with Crippen molar-refractivity contribution in [2.45, 2.75) is 65.2 Å². The van der Waals surface area contributed by atoms with Crippen LogP contribution < -0.4 is 5.73 Å². The van der Waals surface area contributed by atoms with Crippen molar-refractivity contribution in [2.75, 3.05) is 0 Å². The topological polar surface area (TPSA) is 97.7 Å². The number of rotatable bonds is 7. The molecule has 0 saturated heterocycles. The Morgan fingerprint density at radius 1 is 1.16 bits per heavy atom. The molecule has 2 aromatic heterocycles.